The summed E-state index contributed by atoms with van der Waals surface area (Å²) in [6.07, 6.45) is 1.64. The molecule has 0 aromatic heterocycles. The van der Waals surface area contributed by atoms with E-state index in [0.29, 0.717) is 18.8 Å². The number of hydrogen-bond acceptors (Lipinski definition) is 4. The van der Waals surface area contributed by atoms with Gasteiger partial charge < -0.3 is 9.64 Å². The third-order valence-electron chi connectivity index (χ3n) is 3.52. The standard InChI is InChI=1S/C13H17F2NO3S/c1-19-10-6-8-16(9-7-10)11-4-2-3-5-12(11)20(17,18)13(14)15/h2-5,10,13H,6-9H2,1H3. The number of halogens is 2. The molecule has 0 saturated carbocycles. The Morgan fingerprint density at radius 1 is 1.25 bits per heavy atom. The smallest absolute Gasteiger partial charge is 0.341 e. The Bertz CT molecular complexity index is 554. The maximum atomic E-state index is 12.7. The zero-order valence-corrected chi connectivity index (χ0v) is 11.9. The van der Waals surface area contributed by atoms with Gasteiger partial charge in [-0.1, -0.05) is 12.1 Å². The van der Waals surface area contributed by atoms with Crippen LogP contribution in [0, 0.1) is 0 Å². The van der Waals surface area contributed by atoms with Gasteiger partial charge in [0.15, 0.2) is 0 Å². The van der Waals surface area contributed by atoms with Gasteiger partial charge in [0.05, 0.1) is 16.7 Å². The molecule has 1 fully saturated rings. The van der Waals surface area contributed by atoms with Crippen molar-refractivity contribution in [1.82, 2.24) is 0 Å². The van der Waals surface area contributed by atoms with Crippen LogP contribution in [0.5, 0.6) is 0 Å². The molecule has 1 saturated heterocycles. The summed E-state index contributed by atoms with van der Waals surface area (Å²) < 4.78 is 54.1. The van der Waals surface area contributed by atoms with Gasteiger partial charge in [0, 0.05) is 20.2 Å². The minimum Gasteiger partial charge on any atom is -0.381 e. The SMILES string of the molecule is COC1CCN(c2ccccc2S(=O)(=O)C(F)F)CC1. The molecule has 20 heavy (non-hydrogen) atoms. The van der Waals surface area contributed by atoms with E-state index in [1.165, 1.54) is 12.1 Å². The Labute approximate surface area is 117 Å². The van der Waals surface area contributed by atoms with Crippen molar-refractivity contribution in [2.75, 3.05) is 25.1 Å². The van der Waals surface area contributed by atoms with Gasteiger partial charge in [-0.3, -0.25) is 0 Å². The lowest BCUT2D eigenvalue weighted by atomic mass is 10.1. The minimum absolute atomic E-state index is 0.144. The van der Waals surface area contributed by atoms with Crippen LogP contribution in [0.25, 0.3) is 0 Å². The fourth-order valence-electron chi connectivity index (χ4n) is 2.39. The van der Waals surface area contributed by atoms with Crippen LogP contribution in [0.2, 0.25) is 0 Å². The third kappa shape index (κ3) is 2.93. The lowest BCUT2D eigenvalue weighted by Gasteiger charge is -2.33. The highest BCUT2D eigenvalue weighted by Gasteiger charge is 2.31. The second-order valence-corrected chi connectivity index (χ2v) is 6.58. The average molecular weight is 305 g/mol. The number of benzene rings is 1. The van der Waals surface area contributed by atoms with E-state index in [-0.39, 0.29) is 11.0 Å². The number of methoxy groups -OCH3 is 1. The van der Waals surface area contributed by atoms with Crippen molar-refractivity contribution < 1.29 is 21.9 Å². The van der Waals surface area contributed by atoms with Crippen molar-refractivity contribution in [3.05, 3.63) is 24.3 Å². The number of nitrogens with zero attached hydrogens (tertiary/aromatic N) is 1. The largest absolute Gasteiger partial charge is 0.381 e. The number of alkyl halides is 2. The second kappa shape index (κ2) is 6.05. The van der Waals surface area contributed by atoms with E-state index in [1.807, 2.05) is 4.90 Å². The van der Waals surface area contributed by atoms with Crippen molar-refractivity contribution in [3.8, 4) is 0 Å². The molecule has 2 rings (SSSR count). The van der Waals surface area contributed by atoms with Gasteiger partial charge >= 0.3 is 5.76 Å². The molecule has 0 radical (unpaired) electrons. The number of ether oxygens (including phenoxy) is 1. The van der Waals surface area contributed by atoms with E-state index in [9.17, 15) is 17.2 Å². The maximum Gasteiger partial charge on any atom is 0.341 e. The van der Waals surface area contributed by atoms with E-state index >= 15 is 0 Å². The van der Waals surface area contributed by atoms with Gasteiger partial charge in [-0.05, 0) is 25.0 Å². The molecule has 1 heterocycles. The fraction of sp³-hybridized carbons (Fsp3) is 0.538. The molecule has 0 amide bonds. The number of anilines is 1. The van der Waals surface area contributed by atoms with Crippen LogP contribution in [-0.4, -0.2) is 40.5 Å². The molecule has 0 atom stereocenters. The second-order valence-electron chi connectivity index (χ2n) is 4.70. The molecule has 1 aliphatic rings. The van der Waals surface area contributed by atoms with Crippen molar-refractivity contribution in [3.63, 3.8) is 0 Å². The summed E-state index contributed by atoms with van der Waals surface area (Å²) in [7, 11) is -2.95. The van der Waals surface area contributed by atoms with Crippen molar-refractivity contribution in [2.45, 2.75) is 29.6 Å². The summed E-state index contributed by atoms with van der Waals surface area (Å²) in [4.78, 5) is 1.52. The topological polar surface area (TPSA) is 46.6 Å². The normalized spacial score (nSPS) is 17.7. The van der Waals surface area contributed by atoms with Crippen LogP contribution in [-0.2, 0) is 14.6 Å². The van der Waals surface area contributed by atoms with Crippen LogP contribution in [0.4, 0.5) is 14.5 Å². The predicted octanol–water partition coefficient (Wildman–Crippen LogP) is 2.30. The highest BCUT2D eigenvalue weighted by atomic mass is 32.2. The Balaban J connectivity index is 2.30. The lowest BCUT2D eigenvalue weighted by Crippen LogP contribution is -2.37. The van der Waals surface area contributed by atoms with E-state index in [4.69, 9.17) is 4.74 Å². The highest BCUT2D eigenvalue weighted by molar-refractivity contribution is 7.91. The number of rotatable bonds is 4. The van der Waals surface area contributed by atoms with Gasteiger partial charge in [0.2, 0.25) is 9.84 Å². The van der Waals surface area contributed by atoms with Crippen LogP contribution in [0.1, 0.15) is 12.8 Å². The van der Waals surface area contributed by atoms with Crippen molar-refractivity contribution in [1.29, 1.82) is 0 Å². The van der Waals surface area contributed by atoms with E-state index < -0.39 is 15.6 Å². The molecule has 0 aliphatic carbocycles. The number of para-hydroxylation sites is 1. The van der Waals surface area contributed by atoms with Gasteiger partial charge in [0.1, 0.15) is 0 Å². The third-order valence-corrected chi connectivity index (χ3v) is 4.95. The molecule has 0 unspecified atom stereocenters. The number of sulfone groups is 1. The average Bonchev–Trinajstić information content (AvgIpc) is 2.47. The molecule has 7 heteroatoms. The number of hydrogen-bond donors (Lipinski definition) is 0. The molecule has 1 aromatic rings. The minimum atomic E-state index is -4.58. The highest BCUT2D eigenvalue weighted by Crippen LogP contribution is 2.31. The first-order valence-corrected chi connectivity index (χ1v) is 7.90. The van der Waals surface area contributed by atoms with Gasteiger partial charge in [-0.15, -0.1) is 0 Å². The van der Waals surface area contributed by atoms with Crippen LogP contribution >= 0.6 is 0 Å². The first kappa shape index (κ1) is 15.2. The Morgan fingerprint density at radius 3 is 2.40 bits per heavy atom. The summed E-state index contributed by atoms with van der Waals surface area (Å²) in [6, 6.07) is 5.92. The Kier molecular flexibility index (Phi) is 4.59. The monoisotopic (exact) mass is 305 g/mol. The lowest BCUT2D eigenvalue weighted by molar-refractivity contribution is 0.0818. The molecule has 0 spiro atoms. The summed E-state index contributed by atoms with van der Waals surface area (Å²) in [5.74, 6) is -3.40. The maximum absolute atomic E-state index is 12.7. The first-order chi connectivity index (χ1) is 9.46. The molecule has 0 N–H and O–H groups in total. The zero-order chi connectivity index (χ0) is 14.8. The van der Waals surface area contributed by atoms with Gasteiger partial charge in [-0.2, -0.15) is 8.78 Å². The molecule has 1 aliphatic heterocycles. The summed E-state index contributed by atoms with van der Waals surface area (Å²) in [5, 5.41) is 0. The van der Waals surface area contributed by atoms with E-state index in [0.717, 1.165) is 12.8 Å². The molecular weight excluding hydrogens is 288 g/mol. The molecular formula is C13H17F2NO3S. The molecule has 1 aromatic carbocycles. The van der Waals surface area contributed by atoms with Gasteiger partial charge in [0.25, 0.3) is 0 Å². The van der Waals surface area contributed by atoms with Crippen molar-refractivity contribution >= 4 is 15.5 Å². The van der Waals surface area contributed by atoms with Crippen LogP contribution < -0.4 is 4.90 Å². The van der Waals surface area contributed by atoms with Crippen LogP contribution in [0.15, 0.2) is 29.2 Å². The summed E-state index contributed by atoms with van der Waals surface area (Å²) in [6.45, 7) is 1.18. The zero-order valence-electron chi connectivity index (χ0n) is 11.1. The number of piperidine rings is 1. The summed E-state index contributed by atoms with van der Waals surface area (Å²) >= 11 is 0. The van der Waals surface area contributed by atoms with E-state index in [2.05, 4.69) is 0 Å². The molecule has 112 valence electrons. The predicted molar refractivity (Wildman–Crippen MR) is 71.9 cm³/mol. The van der Waals surface area contributed by atoms with Crippen molar-refractivity contribution in [2.24, 2.45) is 0 Å². The Hall–Kier alpha value is -1.21. The van der Waals surface area contributed by atoms with Gasteiger partial charge in [-0.25, -0.2) is 8.42 Å². The quantitative estimate of drug-likeness (QED) is 0.856. The summed E-state index contributed by atoms with van der Waals surface area (Å²) in [5.41, 5.74) is 0.349. The first-order valence-electron chi connectivity index (χ1n) is 6.35. The van der Waals surface area contributed by atoms with Crippen LogP contribution in [0.3, 0.4) is 0 Å². The fourth-order valence-corrected chi connectivity index (χ4v) is 3.34. The molecule has 0 bridgehead atoms. The Morgan fingerprint density at radius 2 is 1.85 bits per heavy atom. The molecule has 4 nitrogen and oxygen atoms in total. The van der Waals surface area contributed by atoms with E-state index in [1.54, 1.807) is 19.2 Å².